The van der Waals surface area contributed by atoms with Gasteiger partial charge in [-0.3, -0.25) is 4.79 Å². The van der Waals surface area contributed by atoms with E-state index in [1.165, 1.54) is 0 Å². The third-order valence-corrected chi connectivity index (χ3v) is 3.17. The standard InChI is InChI=1S/C13H15F3N2O2/c14-13(15,16)8-3-4-11(10(6-8)12(17)19)20-7-9-2-1-5-18-9/h3-4,6,9,18H,1-2,5,7H2,(H2,17,19). The lowest BCUT2D eigenvalue weighted by Crippen LogP contribution is -2.28. The molecule has 0 aliphatic carbocycles. The molecule has 1 aliphatic heterocycles. The van der Waals surface area contributed by atoms with Crippen molar-refractivity contribution in [2.45, 2.75) is 25.1 Å². The van der Waals surface area contributed by atoms with E-state index >= 15 is 0 Å². The van der Waals surface area contributed by atoms with E-state index in [1.807, 2.05) is 0 Å². The Balaban J connectivity index is 2.17. The second kappa shape index (κ2) is 5.70. The van der Waals surface area contributed by atoms with Crippen LogP contribution in [0.2, 0.25) is 0 Å². The fraction of sp³-hybridized carbons (Fsp3) is 0.462. The summed E-state index contributed by atoms with van der Waals surface area (Å²) in [5, 5.41) is 3.19. The van der Waals surface area contributed by atoms with Gasteiger partial charge in [-0.25, -0.2) is 0 Å². The Labute approximate surface area is 114 Å². The van der Waals surface area contributed by atoms with E-state index in [1.54, 1.807) is 0 Å². The van der Waals surface area contributed by atoms with Gasteiger partial charge < -0.3 is 15.8 Å². The number of halogens is 3. The topological polar surface area (TPSA) is 64.4 Å². The highest BCUT2D eigenvalue weighted by molar-refractivity contribution is 5.95. The fourth-order valence-corrected chi connectivity index (χ4v) is 2.11. The van der Waals surface area contributed by atoms with Crippen molar-refractivity contribution >= 4 is 5.91 Å². The minimum Gasteiger partial charge on any atom is -0.491 e. The maximum Gasteiger partial charge on any atom is 0.416 e. The number of nitrogens with two attached hydrogens (primary N) is 1. The monoisotopic (exact) mass is 288 g/mol. The van der Waals surface area contributed by atoms with E-state index in [-0.39, 0.29) is 17.4 Å². The summed E-state index contributed by atoms with van der Waals surface area (Å²) in [4.78, 5) is 11.3. The number of carbonyl (C=O) groups is 1. The molecule has 2 rings (SSSR count). The van der Waals surface area contributed by atoms with Gasteiger partial charge in [0, 0.05) is 6.04 Å². The van der Waals surface area contributed by atoms with Crippen molar-refractivity contribution < 1.29 is 22.7 Å². The van der Waals surface area contributed by atoms with Crippen LogP contribution in [0.4, 0.5) is 13.2 Å². The summed E-state index contributed by atoms with van der Waals surface area (Å²) in [7, 11) is 0. The Hall–Kier alpha value is -1.76. The summed E-state index contributed by atoms with van der Waals surface area (Å²) < 4.78 is 43.2. The molecule has 0 saturated carbocycles. The zero-order valence-electron chi connectivity index (χ0n) is 10.7. The molecule has 20 heavy (non-hydrogen) atoms. The zero-order valence-corrected chi connectivity index (χ0v) is 10.7. The smallest absolute Gasteiger partial charge is 0.416 e. The molecule has 1 atom stereocenters. The summed E-state index contributed by atoms with van der Waals surface area (Å²) >= 11 is 0. The van der Waals surface area contributed by atoms with Crippen molar-refractivity contribution in [2.75, 3.05) is 13.2 Å². The molecule has 1 aromatic carbocycles. The number of hydrogen-bond donors (Lipinski definition) is 2. The predicted octanol–water partition coefficient (Wildman–Crippen LogP) is 1.94. The van der Waals surface area contributed by atoms with Crippen LogP contribution >= 0.6 is 0 Å². The Morgan fingerprint density at radius 1 is 1.45 bits per heavy atom. The van der Waals surface area contributed by atoms with Crippen LogP contribution in [0.15, 0.2) is 18.2 Å². The third kappa shape index (κ3) is 3.41. The number of nitrogens with one attached hydrogen (secondary N) is 1. The molecule has 1 unspecified atom stereocenters. The van der Waals surface area contributed by atoms with Gasteiger partial charge in [-0.2, -0.15) is 13.2 Å². The van der Waals surface area contributed by atoms with Gasteiger partial charge in [0.05, 0.1) is 11.1 Å². The molecule has 7 heteroatoms. The lowest BCUT2D eigenvalue weighted by atomic mass is 10.1. The number of amides is 1. The highest BCUT2D eigenvalue weighted by atomic mass is 19.4. The van der Waals surface area contributed by atoms with Gasteiger partial charge in [0.15, 0.2) is 0 Å². The molecule has 1 aliphatic rings. The van der Waals surface area contributed by atoms with Gasteiger partial charge in [-0.15, -0.1) is 0 Å². The normalized spacial score (nSPS) is 19.1. The van der Waals surface area contributed by atoms with Crippen molar-refractivity contribution in [3.63, 3.8) is 0 Å². The molecule has 1 aromatic rings. The van der Waals surface area contributed by atoms with Crippen molar-refractivity contribution in [1.29, 1.82) is 0 Å². The van der Waals surface area contributed by atoms with Crippen LogP contribution in [0.1, 0.15) is 28.8 Å². The molecule has 110 valence electrons. The number of primary amides is 1. The maximum atomic E-state index is 12.6. The Morgan fingerprint density at radius 2 is 2.20 bits per heavy atom. The van der Waals surface area contributed by atoms with E-state index in [0.29, 0.717) is 6.61 Å². The lowest BCUT2D eigenvalue weighted by molar-refractivity contribution is -0.137. The van der Waals surface area contributed by atoms with E-state index < -0.39 is 17.6 Å². The number of hydrogen-bond acceptors (Lipinski definition) is 3. The summed E-state index contributed by atoms with van der Waals surface area (Å²) in [6, 6.07) is 2.89. The van der Waals surface area contributed by atoms with E-state index in [0.717, 1.165) is 37.6 Å². The predicted molar refractivity (Wildman–Crippen MR) is 66.5 cm³/mol. The van der Waals surface area contributed by atoms with Crippen LogP contribution in [0.25, 0.3) is 0 Å². The van der Waals surface area contributed by atoms with Crippen LogP contribution in [0.5, 0.6) is 5.75 Å². The number of rotatable bonds is 4. The molecular formula is C13H15F3N2O2. The van der Waals surface area contributed by atoms with Crippen LogP contribution in [-0.2, 0) is 6.18 Å². The summed E-state index contributed by atoms with van der Waals surface area (Å²) in [6.45, 7) is 1.19. The van der Waals surface area contributed by atoms with Gasteiger partial charge in [0.2, 0.25) is 0 Å². The van der Waals surface area contributed by atoms with Gasteiger partial charge >= 0.3 is 6.18 Å². The van der Waals surface area contributed by atoms with Crippen molar-refractivity contribution in [3.8, 4) is 5.75 Å². The minimum absolute atomic E-state index is 0.0826. The second-order valence-electron chi connectivity index (χ2n) is 4.68. The summed E-state index contributed by atoms with van der Waals surface area (Å²) in [5.41, 5.74) is 3.94. The summed E-state index contributed by atoms with van der Waals surface area (Å²) in [5.74, 6) is -0.857. The molecule has 0 aromatic heterocycles. The van der Waals surface area contributed by atoms with Gasteiger partial charge in [0.25, 0.3) is 5.91 Å². The Morgan fingerprint density at radius 3 is 2.75 bits per heavy atom. The van der Waals surface area contributed by atoms with E-state index in [2.05, 4.69) is 5.32 Å². The molecule has 1 amide bonds. The van der Waals surface area contributed by atoms with Gasteiger partial charge in [-0.1, -0.05) is 0 Å². The molecule has 3 N–H and O–H groups in total. The lowest BCUT2D eigenvalue weighted by Gasteiger charge is -2.15. The average Bonchev–Trinajstić information content (AvgIpc) is 2.88. The van der Waals surface area contributed by atoms with Gasteiger partial charge in [0.1, 0.15) is 12.4 Å². The Kier molecular flexibility index (Phi) is 4.17. The Bertz CT molecular complexity index is 497. The molecule has 1 heterocycles. The SMILES string of the molecule is NC(=O)c1cc(C(F)(F)F)ccc1OCC1CCCN1. The largest absolute Gasteiger partial charge is 0.491 e. The maximum absolute atomic E-state index is 12.6. The highest BCUT2D eigenvalue weighted by Crippen LogP contribution is 2.32. The number of ether oxygens (including phenoxy) is 1. The van der Waals surface area contributed by atoms with E-state index in [4.69, 9.17) is 10.5 Å². The number of alkyl halides is 3. The van der Waals surface area contributed by atoms with Crippen LogP contribution < -0.4 is 15.8 Å². The molecule has 4 nitrogen and oxygen atoms in total. The first-order valence-electron chi connectivity index (χ1n) is 6.25. The molecular weight excluding hydrogens is 273 g/mol. The number of benzene rings is 1. The van der Waals surface area contributed by atoms with Crippen LogP contribution in [0, 0.1) is 0 Å². The fourth-order valence-electron chi connectivity index (χ4n) is 2.11. The van der Waals surface area contributed by atoms with Crippen molar-refractivity contribution in [2.24, 2.45) is 5.73 Å². The average molecular weight is 288 g/mol. The molecule has 0 bridgehead atoms. The quantitative estimate of drug-likeness (QED) is 0.890. The third-order valence-electron chi connectivity index (χ3n) is 3.17. The summed E-state index contributed by atoms with van der Waals surface area (Å²) in [6.07, 6.45) is -2.55. The molecule has 0 spiro atoms. The number of carbonyl (C=O) groups excluding carboxylic acids is 1. The van der Waals surface area contributed by atoms with Crippen LogP contribution in [0.3, 0.4) is 0 Å². The first-order chi connectivity index (χ1) is 9.38. The minimum atomic E-state index is -4.52. The van der Waals surface area contributed by atoms with Crippen LogP contribution in [-0.4, -0.2) is 25.1 Å². The van der Waals surface area contributed by atoms with Crippen molar-refractivity contribution in [3.05, 3.63) is 29.3 Å². The molecule has 1 fully saturated rings. The first kappa shape index (κ1) is 14.6. The molecule has 0 radical (unpaired) electrons. The highest BCUT2D eigenvalue weighted by Gasteiger charge is 2.32. The van der Waals surface area contributed by atoms with E-state index in [9.17, 15) is 18.0 Å². The zero-order chi connectivity index (χ0) is 14.8. The second-order valence-corrected chi connectivity index (χ2v) is 4.68. The first-order valence-corrected chi connectivity index (χ1v) is 6.25. The van der Waals surface area contributed by atoms with Crippen molar-refractivity contribution in [1.82, 2.24) is 5.32 Å². The van der Waals surface area contributed by atoms with Gasteiger partial charge in [-0.05, 0) is 37.6 Å². The molecule has 1 saturated heterocycles.